The number of hydrogen-bond acceptors (Lipinski definition) is 7. The third-order valence-electron chi connectivity index (χ3n) is 3.12. The average Bonchev–Trinajstić information content (AvgIpc) is 2.85. The van der Waals surface area contributed by atoms with Crippen molar-refractivity contribution in [3.8, 4) is 5.88 Å². The fraction of sp³-hybridized carbons (Fsp3) is 0.200. The second-order valence-electron chi connectivity index (χ2n) is 4.68. The lowest BCUT2D eigenvalue weighted by molar-refractivity contribution is -0.113. The van der Waals surface area contributed by atoms with E-state index >= 15 is 0 Å². The molecule has 0 fully saturated rings. The largest absolute Gasteiger partial charge is 0.477 e. The van der Waals surface area contributed by atoms with Crippen LogP contribution in [0.3, 0.4) is 0 Å². The van der Waals surface area contributed by atoms with Crippen LogP contribution in [0.4, 0.5) is 5.95 Å². The quantitative estimate of drug-likeness (QED) is 0.827. The van der Waals surface area contributed by atoms with E-state index in [-0.39, 0.29) is 11.1 Å². The number of amidine groups is 1. The van der Waals surface area contributed by atoms with Crippen LogP contribution in [0.25, 0.3) is 17.0 Å². The molecule has 2 heterocycles. The van der Waals surface area contributed by atoms with Gasteiger partial charge in [0.15, 0.2) is 5.17 Å². The molecule has 118 valence electrons. The van der Waals surface area contributed by atoms with Gasteiger partial charge in [-0.05, 0) is 42.5 Å². The summed E-state index contributed by atoms with van der Waals surface area (Å²) in [6.45, 7) is 2.39. The maximum absolute atomic E-state index is 11.7. The molecule has 1 aliphatic heterocycles. The first kappa shape index (κ1) is 15.3. The number of hydrogen-bond donors (Lipinski definition) is 2. The number of anilines is 1. The van der Waals surface area contributed by atoms with Gasteiger partial charge in [0.05, 0.1) is 22.4 Å². The van der Waals surface area contributed by atoms with Crippen molar-refractivity contribution in [1.29, 1.82) is 0 Å². The van der Waals surface area contributed by atoms with Gasteiger partial charge in [0.1, 0.15) is 0 Å². The molecule has 0 saturated carbocycles. The van der Waals surface area contributed by atoms with Crippen LogP contribution in [0.15, 0.2) is 28.1 Å². The number of aliphatic imine (C=N–C) groups is 1. The number of nitrogens with two attached hydrogens (primary N) is 1. The van der Waals surface area contributed by atoms with Crippen LogP contribution in [0.1, 0.15) is 12.5 Å². The first-order chi connectivity index (χ1) is 11.1. The van der Waals surface area contributed by atoms with Crippen LogP contribution in [-0.4, -0.2) is 34.7 Å². The van der Waals surface area contributed by atoms with Crippen molar-refractivity contribution in [2.45, 2.75) is 6.92 Å². The minimum Gasteiger partial charge on any atom is -0.477 e. The number of fused-ring (bicyclic) bond motifs is 1. The van der Waals surface area contributed by atoms with Crippen molar-refractivity contribution in [2.24, 2.45) is 10.7 Å². The molecule has 7 nitrogen and oxygen atoms in total. The van der Waals surface area contributed by atoms with Crippen molar-refractivity contribution in [3.63, 3.8) is 0 Å². The van der Waals surface area contributed by atoms with Gasteiger partial charge in [-0.15, -0.1) is 0 Å². The second kappa shape index (κ2) is 6.25. The predicted molar refractivity (Wildman–Crippen MR) is 92.5 cm³/mol. The summed E-state index contributed by atoms with van der Waals surface area (Å²) in [6.07, 6.45) is 1.75. The van der Waals surface area contributed by atoms with E-state index in [0.29, 0.717) is 23.3 Å². The summed E-state index contributed by atoms with van der Waals surface area (Å²) in [4.78, 5) is 24.6. The van der Waals surface area contributed by atoms with Gasteiger partial charge in [-0.3, -0.25) is 4.79 Å². The van der Waals surface area contributed by atoms with E-state index in [2.05, 4.69) is 20.3 Å². The Balaban J connectivity index is 2.06. The van der Waals surface area contributed by atoms with Crippen molar-refractivity contribution in [3.05, 3.63) is 28.7 Å². The van der Waals surface area contributed by atoms with Gasteiger partial charge < -0.3 is 15.8 Å². The Morgan fingerprint density at radius 1 is 1.39 bits per heavy atom. The van der Waals surface area contributed by atoms with Gasteiger partial charge >= 0.3 is 0 Å². The van der Waals surface area contributed by atoms with Gasteiger partial charge in [-0.25, -0.2) is 4.98 Å². The van der Waals surface area contributed by atoms with Crippen LogP contribution < -0.4 is 15.8 Å². The molecule has 3 rings (SSSR count). The fourth-order valence-electron chi connectivity index (χ4n) is 2.14. The molecule has 1 aliphatic rings. The Labute approximate surface area is 137 Å². The van der Waals surface area contributed by atoms with Gasteiger partial charge in [-0.2, -0.15) is 9.98 Å². The molecule has 1 aromatic carbocycles. The van der Waals surface area contributed by atoms with Crippen LogP contribution in [-0.2, 0) is 4.79 Å². The summed E-state index contributed by atoms with van der Waals surface area (Å²) >= 11 is 1.16. The maximum atomic E-state index is 11.7. The molecular weight excluding hydrogens is 314 g/mol. The third kappa shape index (κ3) is 3.11. The highest BCUT2D eigenvalue weighted by atomic mass is 32.2. The van der Waals surface area contributed by atoms with Crippen molar-refractivity contribution < 1.29 is 9.53 Å². The molecule has 0 radical (unpaired) electrons. The Morgan fingerprint density at radius 3 is 2.87 bits per heavy atom. The average molecular weight is 329 g/mol. The van der Waals surface area contributed by atoms with E-state index in [1.807, 2.05) is 25.1 Å². The molecule has 2 aromatic rings. The summed E-state index contributed by atoms with van der Waals surface area (Å²) in [7, 11) is 1.75. The molecule has 3 N–H and O–H groups in total. The number of carbonyl (C=O) groups excluding carboxylic acids is 1. The molecule has 0 bridgehead atoms. The number of amides is 1. The predicted octanol–water partition coefficient (Wildman–Crippen LogP) is 2.00. The number of aromatic nitrogens is 2. The number of carbonyl (C=O) groups is 1. The lowest BCUT2D eigenvalue weighted by Gasteiger charge is -2.09. The normalized spacial score (nSPS) is 16.0. The first-order valence-electron chi connectivity index (χ1n) is 7.01. The van der Waals surface area contributed by atoms with Crippen molar-refractivity contribution in [1.82, 2.24) is 9.97 Å². The van der Waals surface area contributed by atoms with Gasteiger partial charge in [0, 0.05) is 7.05 Å². The fourth-order valence-corrected chi connectivity index (χ4v) is 2.83. The topological polar surface area (TPSA) is 102 Å². The van der Waals surface area contributed by atoms with Crippen molar-refractivity contribution >= 4 is 45.8 Å². The summed E-state index contributed by atoms with van der Waals surface area (Å²) in [6, 6.07) is 5.62. The molecule has 0 unspecified atom stereocenters. The number of benzene rings is 1. The highest BCUT2D eigenvalue weighted by Gasteiger charge is 2.19. The van der Waals surface area contributed by atoms with Gasteiger partial charge in [-0.1, -0.05) is 6.07 Å². The molecule has 0 atom stereocenters. The molecule has 1 amide bonds. The highest BCUT2D eigenvalue weighted by Crippen LogP contribution is 2.29. The zero-order valence-corrected chi connectivity index (χ0v) is 13.5. The standard InChI is InChI=1S/C15H15N5O2S/c1-3-22-13-9-6-8(7-11-12(21)19-14(16)23-11)4-5-10(9)18-15(17-2)20-13/h4-7H,3H2,1-2H3,(H2,16,19,21)(H,17,18,20)/b11-7-. The molecule has 0 aliphatic carbocycles. The molecule has 8 heteroatoms. The number of nitrogens with zero attached hydrogens (tertiary/aromatic N) is 3. The number of nitrogens with one attached hydrogen (secondary N) is 1. The van der Waals surface area contributed by atoms with Crippen LogP contribution in [0.5, 0.6) is 5.88 Å². The zero-order valence-electron chi connectivity index (χ0n) is 12.7. The van der Waals surface area contributed by atoms with E-state index < -0.39 is 0 Å². The maximum Gasteiger partial charge on any atom is 0.286 e. The molecule has 0 spiro atoms. The Bertz CT molecular complexity index is 847. The van der Waals surface area contributed by atoms with Gasteiger partial charge in [0.2, 0.25) is 11.8 Å². The van der Waals surface area contributed by atoms with E-state index in [1.54, 1.807) is 13.1 Å². The minimum absolute atomic E-state index is 0.263. The Morgan fingerprint density at radius 2 is 2.22 bits per heavy atom. The molecule has 0 saturated heterocycles. The summed E-state index contributed by atoms with van der Waals surface area (Å²) in [5, 5.41) is 3.96. The first-order valence-corrected chi connectivity index (χ1v) is 7.82. The van der Waals surface area contributed by atoms with E-state index in [1.165, 1.54) is 0 Å². The summed E-state index contributed by atoms with van der Waals surface area (Å²) < 4.78 is 5.60. The van der Waals surface area contributed by atoms with E-state index in [9.17, 15) is 4.79 Å². The third-order valence-corrected chi connectivity index (χ3v) is 3.94. The monoisotopic (exact) mass is 329 g/mol. The summed E-state index contributed by atoms with van der Waals surface area (Å²) in [5.41, 5.74) is 7.15. The SMILES string of the molecule is CCOc1nc(NC)nc2ccc(/C=C3\SC(N)=NC3=O)cc12. The molecule has 1 aromatic heterocycles. The van der Waals surface area contributed by atoms with Crippen LogP contribution >= 0.6 is 11.8 Å². The van der Waals surface area contributed by atoms with Crippen LogP contribution in [0, 0.1) is 0 Å². The van der Waals surface area contributed by atoms with E-state index in [4.69, 9.17) is 10.5 Å². The van der Waals surface area contributed by atoms with Crippen LogP contribution in [0.2, 0.25) is 0 Å². The van der Waals surface area contributed by atoms with E-state index in [0.717, 1.165) is 28.2 Å². The lowest BCUT2D eigenvalue weighted by atomic mass is 10.1. The van der Waals surface area contributed by atoms with Gasteiger partial charge in [0.25, 0.3) is 5.91 Å². The molecular formula is C15H15N5O2S. The Kier molecular flexibility index (Phi) is 4.16. The number of ether oxygens (including phenoxy) is 1. The second-order valence-corrected chi connectivity index (χ2v) is 5.74. The Hall–Kier alpha value is -2.61. The number of thioether (sulfide) groups is 1. The van der Waals surface area contributed by atoms with Crippen molar-refractivity contribution in [2.75, 3.05) is 19.0 Å². The summed E-state index contributed by atoms with van der Waals surface area (Å²) in [5.74, 6) is 0.678. The highest BCUT2D eigenvalue weighted by molar-refractivity contribution is 8.18. The lowest BCUT2D eigenvalue weighted by Crippen LogP contribution is -2.02. The molecule has 23 heavy (non-hydrogen) atoms. The smallest absolute Gasteiger partial charge is 0.286 e. The minimum atomic E-state index is -0.320. The number of rotatable bonds is 4. The zero-order chi connectivity index (χ0) is 16.4.